The van der Waals surface area contributed by atoms with Crippen LogP contribution in [0, 0.1) is 6.92 Å². The largest absolute Gasteiger partial charge is 0.489 e. The highest BCUT2D eigenvalue weighted by atomic mass is 16.5. The van der Waals surface area contributed by atoms with E-state index in [1.165, 1.54) is 0 Å². The van der Waals surface area contributed by atoms with Gasteiger partial charge in [-0.05, 0) is 80.3 Å². The van der Waals surface area contributed by atoms with Crippen LogP contribution in [0.2, 0.25) is 0 Å². The number of carbonyl (C=O) groups is 1. The molecule has 1 fully saturated rings. The van der Waals surface area contributed by atoms with E-state index in [1.54, 1.807) is 10.8 Å². The average molecular weight is 572 g/mol. The van der Waals surface area contributed by atoms with Crippen LogP contribution in [-0.4, -0.2) is 51.5 Å². The van der Waals surface area contributed by atoms with E-state index in [0.717, 1.165) is 47.6 Å². The van der Waals surface area contributed by atoms with Crippen LogP contribution in [0.15, 0.2) is 89.9 Å². The first kappa shape index (κ1) is 27.0. The van der Waals surface area contributed by atoms with E-state index in [9.17, 15) is 9.59 Å². The van der Waals surface area contributed by atoms with Gasteiger partial charge in [0.2, 0.25) is 5.95 Å². The summed E-state index contributed by atoms with van der Waals surface area (Å²) in [5, 5.41) is 3.96. The van der Waals surface area contributed by atoms with Crippen LogP contribution in [0.3, 0.4) is 0 Å². The molecule has 0 saturated carbocycles. The summed E-state index contributed by atoms with van der Waals surface area (Å²) in [6.07, 6.45) is 4.16. The second kappa shape index (κ2) is 11.1. The van der Waals surface area contributed by atoms with Crippen molar-refractivity contribution in [2.24, 2.45) is 0 Å². The van der Waals surface area contributed by atoms with Gasteiger partial charge >= 0.3 is 0 Å². The van der Waals surface area contributed by atoms with Gasteiger partial charge in [0.05, 0.1) is 0 Å². The quantitative estimate of drug-likeness (QED) is 0.269. The summed E-state index contributed by atoms with van der Waals surface area (Å²) in [6, 6.07) is 24.4. The second-order valence-electron chi connectivity index (χ2n) is 11.5. The first-order valence-corrected chi connectivity index (χ1v) is 14.8. The highest BCUT2D eigenvalue weighted by molar-refractivity contribution is 6.02. The third-order valence-electron chi connectivity index (χ3n) is 8.55. The van der Waals surface area contributed by atoms with Gasteiger partial charge in [-0.2, -0.15) is 4.98 Å². The Kier molecular flexibility index (Phi) is 6.99. The fourth-order valence-corrected chi connectivity index (χ4v) is 6.29. The first-order chi connectivity index (χ1) is 20.9. The number of ketones is 1. The Labute approximate surface area is 250 Å². The van der Waals surface area contributed by atoms with Gasteiger partial charge < -0.3 is 15.0 Å². The van der Waals surface area contributed by atoms with Crippen LogP contribution in [0.25, 0.3) is 22.2 Å². The van der Waals surface area contributed by atoms with Crippen LogP contribution in [-0.2, 0) is 6.42 Å². The number of ether oxygens (including phenoxy) is 1. The Morgan fingerprint density at radius 1 is 0.907 bits per heavy atom. The molecular weight excluding hydrogens is 538 g/mol. The smallest absolute Gasteiger partial charge is 0.260 e. The van der Waals surface area contributed by atoms with Crippen molar-refractivity contribution >= 4 is 28.5 Å². The van der Waals surface area contributed by atoms with Crippen molar-refractivity contribution in [1.82, 2.24) is 19.4 Å². The van der Waals surface area contributed by atoms with Gasteiger partial charge in [-0.1, -0.05) is 48.5 Å². The Balaban J connectivity index is 1.27. The molecule has 7 rings (SSSR count). The van der Waals surface area contributed by atoms with E-state index in [0.29, 0.717) is 41.0 Å². The van der Waals surface area contributed by atoms with E-state index in [4.69, 9.17) is 9.72 Å². The molecule has 8 heteroatoms. The number of fused-ring (bicyclic) bond motifs is 2. The number of hydrogen-bond donors (Lipinski definition) is 1. The normalized spacial score (nSPS) is 18.5. The molecule has 0 bridgehead atoms. The topological polar surface area (TPSA) is 89.3 Å². The van der Waals surface area contributed by atoms with Crippen LogP contribution < -0.4 is 15.6 Å². The molecule has 1 saturated heterocycles. The molecule has 3 heterocycles. The Bertz CT molecular complexity index is 1900. The zero-order valence-corrected chi connectivity index (χ0v) is 24.3. The van der Waals surface area contributed by atoms with Gasteiger partial charge in [0.25, 0.3) is 5.56 Å². The van der Waals surface area contributed by atoms with Crippen molar-refractivity contribution in [2.45, 2.75) is 38.3 Å². The maximum atomic E-state index is 14.3. The number of anilines is 2. The minimum atomic E-state index is -0.664. The van der Waals surface area contributed by atoms with Crippen molar-refractivity contribution in [3.63, 3.8) is 0 Å². The fraction of sp³-hybridized carbons (Fsp3) is 0.257. The summed E-state index contributed by atoms with van der Waals surface area (Å²) in [7, 11) is 2.10. The number of nitrogens with zero attached hydrogens (tertiary/aromatic N) is 4. The number of Topliss-reactive ketones (excluding diaryl/α,β-unsaturated/α-hetero) is 1. The second-order valence-corrected chi connectivity index (χ2v) is 11.5. The molecule has 8 nitrogen and oxygen atoms in total. The van der Waals surface area contributed by atoms with E-state index in [-0.39, 0.29) is 17.4 Å². The number of aromatic nitrogens is 3. The molecule has 1 N–H and O–H groups in total. The molecule has 3 aromatic carbocycles. The SMILES string of the molecule is Cc1ccccc1-c1cc2cnc(Nc3ccc(OC4CCN(C)C4)cc3)nc2n(C2CCc3ccccc3C2=O)c1=O. The molecule has 5 aromatic rings. The van der Waals surface area contributed by atoms with Crippen LogP contribution in [0.4, 0.5) is 11.6 Å². The predicted molar refractivity (Wildman–Crippen MR) is 168 cm³/mol. The van der Waals surface area contributed by atoms with Gasteiger partial charge in [0, 0.05) is 41.5 Å². The van der Waals surface area contributed by atoms with Gasteiger partial charge in [0.1, 0.15) is 23.5 Å². The third-order valence-corrected chi connectivity index (χ3v) is 8.55. The molecule has 2 atom stereocenters. The van der Waals surface area contributed by atoms with E-state index in [2.05, 4.69) is 22.2 Å². The summed E-state index contributed by atoms with van der Waals surface area (Å²) >= 11 is 0. The highest BCUT2D eigenvalue weighted by Crippen LogP contribution is 2.32. The lowest BCUT2D eigenvalue weighted by atomic mass is 9.86. The molecular formula is C35H33N5O3. The van der Waals surface area contributed by atoms with E-state index >= 15 is 0 Å². The standard InChI is InChI=1S/C35H33N5O3/c1-22-7-3-5-9-28(22)30-19-24-20-36-35(37-25-12-14-26(15-13-25)43-27-17-18-39(2)21-27)38-33(24)40(34(30)42)31-16-11-23-8-4-6-10-29(23)32(31)41/h3-10,12-15,19-20,27,31H,11,16-18,21H2,1-2H3,(H,36,37,38). The van der Waals surface area contributed by atoms with E-state index in [1.807, 2.05) is 85.8 Å². The molecule has 0 amide bonds. The zero-order valence-electron chi connectivity index (χ0n) is 24.3. The number of aryl methyl sites for hydroxylation is 2. The minimum Gasteiger partial charge on any atom is -0.489 e. The monoisotopic (exact) mass is 571 g/mol. The van der Waals surface area contributed by atoms with Crippen molar-refractivity contribution in [3.8, 4) is 16.9 Å². The summed E-state index contributed by atoms with van der Waals surface area (Å²) in [6.45, 7) is 3.95. The minimum absolute atomic E-state index is 0.0654. The first-order valence-electron chi connectivity index (χ1n) is 14.8. The molecule has 2 unspecified atom stereocenters. The number of nitrogens with one attached hydrogen (secondary N) is 1. The Morgan fingerprint density at radius 3 is 2.44 bits per heavy atom. The number of benzene rings is 3. The zero-order chi connectivity index (χ0) is 29.5. The van der Waals surface area contributed by atoms with Gasteiger partial charge in [-0.25, -0.2) is 4.98 Å². The van der Waals surface area contributed by atoms with Crippen molar-refractivity contribution in [1.29, 1.82) is 0 Å². The van der Waals surface area contributed by atoms with Gasteiger partial charge in [0.15, 0.2) is 5.78 Å². The van der Waals surface area contributed by atoms with Crippen LogP contribution >= 0.6 is 0 Å². The lowest BCUT2D eigenvalue weighted by molar-refractivity contribution is 0.0908. The Morgan fingerprint density at radius 2 is 1.67 bits per heavy atom. The van der Waals surface area contributed by atoms with Crippen LogP contribution in [0.5, 0.6) is 5.75 Å². The maximum absolute atomic E-state index is 14.3. The van der Waals surface area contributed by atoms with Gasteiger partial charge in [-0.3, -0.25) is 14.2 Å². The predicted octanol–water partition coefficient (Wildman–Crippen LogP) is 5.96. The summed E-state index contributed by atoms with van der Waals surface area (Å²) in [5.41, 5.74) is 5.03. The molecule has 1 aliphatic heterocycles. The molecule has 2 aromatic heterocycles. The highest BCUT2D eigenvalue weighted by Gasteiger charge is 2.31. The Hall–Kier alpha value is -4.82. The lowest BCUT2D eigenvalue weighted by Gasteiger charge is -2.26. The molecule has 1 aliphatic carbocycles. The summed E-state index contributed by atoms with van der Waals surface area (Å²) < 4.78 is 7.72. The molecule has 0 radical (unpaired) electrons. The van der Waals surface area contributed by atoms with Crippen molar-refractivity contribution in [3.05, 3.63) is 112 Å². The molecule has 2 aliphatic rings. The number of rotatable bonds is 6. The number of likely N-dealkylation sites (N-methyl/N-ethyl adjacent to an activating group) is 1. The average Bonchev–Trinajstić information content (AvgIpc) is 3.43. The summed E-state index contributed by atoms with van der Waals surface area (Å²) in [4.78, 5) is 39.8. The number of likely N-dealkylation sites (tertiary alicyclic amines) is 1. The molecule has 216 valence electrons. The summed E-state index contributed by atoms with van der Waals surface area (Å²) in [5.74, 6) is 1.10. The number of pyridine rings is 1. The maximum Gasteiger partial charge on any atom is 0.260 e. The molecule has 43 heavy (non-hydrogen) atoms. The number of carbonyl (C=O) groups excluding carboxylic acids is 1. The van der Waals surface area contributed by atoms with Crippen molar-refractivity contribution in [2.75, 3.05) is 25.5 Å². The van der Waals surface area contributed by atoms with E-state index < -0.39 is 6.04 Å². The van der Waals surface area contributed by atoms with Crippen LogP contribution in [0.1, 0.15) is 40.4 Å². The van der Waals surface area contributed by atoms with Crippen molar-refractivity contribution < 1.29 is 9.53 Å². The fourth-order valence-electron chi connectivity index (χ4n) is 6.29. The lowest BCUT2D eigenvalue weighted by Crippen LogP contribution is -2.34. The van der Waals surface area contributed by atoms with Gasteiger partial charge in [-0.15, -0.1) is 0 Å². The third kappa shape index (κ3) is 5.19. The molecule has 0 spiro atoms. The number of hydrogen-bond acceptors (Lipinski definition) is 7.